The molecule has 0 saturated carbocycles. The van der Waals surface area contributed by atoms with E-state index in [0.29, 0.717) is 17.3 Å². The molecule has 0 radical (unpaired) electrons. The van der Waals surface area contributed by atoms with E-state index in [1.165, 1.54) is 43.4 Å². The summed E-state index contributed by atoms with van der Waals surface area (Å²) in [6.07, 6.45) is 0. The number of amides is 2. The lowest BCUT2D eigenvalue weighted by molar-refractivity contribution is -0.139. The Labute approximate surface area is 234 Å². The topological polar surface area (TPSA) is 105 Å². The van der Waals surface area contributed by atoms with Crippen molar-refractivity contribution in [3.63, 3.8) is 0 Å². The second-order valence-electron chi connectivity index (χ2n) is 8.58. The highest BCUT2D eigenvalue weighted by atomic mass is 35.5. The van der Waals surface area contributed by atoms with E-state index in [-0.39, 0.29) is 28.8 Å². The molecule has 3 rings (SSSR count). The number of benzene rings is 3. The molecule has 0 fully saturated rings. The number of anilines is 1. The van der Waals surface area contributed by atoms with Crippen molar-refractivity contribution < 1.29 is 27.5 Å². The standard InChI is InChI=1S/C28H32ClN3O6S/c1-5-30-28(34)20(2)31(18-21-10-12-22(29)13-11-21)27(33)19-32(25-8-6-7-9-26(25)38-4)39(35,36)24-16-14-23(37-3)15-17-24/h6-17,20H,5,18-19H2,1-4H3,(H,30,34)/t20-/m1/s1. The summed E-state index contributed by atoms with van der Waals surface area (Å²) in [4.78, 5) is 28.0. The lowest BCUT2D eigenvalue weighted by Gasteiger charge is -2.32. The summed E-state index contributed by atoms with van der Waals surface area (Å²) in [5.74, 6) is -0.185. The van der Waals surface area contributed by atoms with E-state index in [1.54, 1.807) is 62.4 Å². The zero-order chi connectivity index (χ0) is 28.6. The molecule has 0 unspecified atom stereocenters. The molecule has 0 saturated heterocycles. The number of nitrogens with zero attached hydrogens (tertiary/aromatic N) is 2. The van der Waals surface area contributed by atoms with Crippen molar-refractivity contribution >= 4 is 39.1 Å². The number of nitrogens with one attached hydrogen (secondary N) is 1. The summed E-state index contributed by atoms with van der Waals surface area (Å²) in [5, 5.41) is 3.26. The normalized spacial score (nSPS) is 11.8. The van der Waals surface area contributed by atoms with E-state index in [9.17, 15) is 18.0 Å². The quantitative estimate of drug-likeness (QED) is 0.350. The third-order valence-electron chi connectivity index (χ3n) is 6.06. The Morgan fingerprint density at radius 1 is 0.949 bits per heavy atom. The van der Waals surface area contributed by atoms with Crippen molar-refractivity contribution in [2.45, 2.75) is 31.3 Å². The second kappa shape index (κ2) is 13.3. The van der Waals surface area contributed by atoms with Gasteiger partial charge in [0.25, 0.3) is 10.0 Å². The van der Waals surface area contributed by atoms with Gasteiger partial charge in [-0.2, -0.15) is 0 Å². The van der Waals surface area contributed by atoms with Crippen molar-refractivity contribution in [1.82, 2.24) is 10.2 Å². The van der Waals surface area contributed by atoms with Gasteiger partial charge in [-0.05, 0) is 67.9 Å². The number of para-hydroxylation sites is 2. The first-order valence-electron chi connectivity index (χ1n) is 12.2. The Kier molecular flexibility index (Phi) is 10.2. The van der Waals surface area contributed by atoms with E-state index >= 15 is 0 Å². The molecule has 9 nitrogen and oxygen atoms in total. The Morgan fingerprint density at radius 2 is 1.59 bits per heavy atom. The predicted octanol–water partition coefficient (Wildman–Crippen LogP) is 4.11. The Balaban J connectivity index is 2.06. The summed E-state index contributed by atoms with van der Waals surface area (Å²) in [6.45, 7) is 3.25. The molecule has 1 N–H and O–H groups in total. The maximum atomic E-state index is 13.9. The molecule has 3 aromatic rings. The van der Waals surface area contributed by atoms with Gasteiger partial charge in [0, 0.05) is 18.1 Å². The fourth-order valence-corrected chi connectivity index (χ4v) is 5.47. The molecular formula is C28H32ClN3O6S. The summed E-state index contributed by atoms with van der Waals surface area (Å²) in [5.41, 5.74) is 0.909. The molecule has 0 aromatic heterocycles. The van der Waals surface area contributed by atoms with Gasteiger partial charge >= 0.3 is 0 Å². The fourth-order valence-electron chi connectivity index (χ4n) is 3.92. The Morgan fingerprint density at radius 3 is 2.18 bits per heavy atom. The molecule has 11 heteroatoms. The molecule has 2 amide bonds. The molecule has 0 bridgehead atoms. The predicted molar refractivity (Wildman–Crippen MR) is 151 cm³/mol. The van der Waals surface area contributed by atoms with Crippen LogP contribution in [0, 0.1) is 0 Å². The van der Waals surface area contributed by atoms with Gasteiger partial charge in [0.15, 0.2) is 0 Å². The number of ether oxygens (including phenoxy) is 2. The highest BCUT2D eigenvalue weighted by molar-refractivity contribution is 7.92. The van der Waals surface area contributed by atoms with E-state index < -0.39 is 28.5 Å². The van der Waals surface area contributed by atoms with E-state index in [2.05, 4.69) is 5.32 Å². The number of hydrogen-bond acceptors (Lipinski definition) is 6. The summed E-state index contributed by atoms with van der Waals surface area (Å²) < 4.78 is 39.4. The maximum Gasteiger partial charge on any atom is 0.264 e. The van der Waals surface area contributed by atoms with Crippen LogP contribution in [-0.4, -0.2) is 58.5 Å². The van der Waals surface area contributed by atoms with Crippen LogP contribution in [-0.2, 0) is 26.2 Å². The average Bonchev–Trinajstić information content (AvgIpc) is 2.95. The molecule has 0 heterocycles. The molecular weight excluding hydrogens is 542 g/mol. The van der Waals surface area contributed by atoms with Gasteiger partial charge in [-0.25, -0.2) is 8.42 Å². The average molecular weight is 574 g/mol. The van der Waals surface area contributed by atoms with E-state index in [1.807, 2.05) is 0 Å². The molecule has 39 heavy (non-hydrogen) atoms. The number of halogens is 1. The van der Waals surface area contributed by atoms with Crippen LogP contribution >= 0.6 is 11.6 Å². The molecule has 0 aliphatic rings. The molecule has 208 valence electrons. The van der Waals surface area contributed by atoms with E-state index in [4.69, 9.17) is 21.1 Å². The SMILES string of the molecule is CCNC(=O)[C@@H](C)N(Cc1ccc(Cl)cc1)C(=O)CN(c1ccccc1OC)S(=O)(=O)c1ccc(OC)cc1. The summed E-state index contributed by atoms with van der Waals surface area (Å²) >= 11 is 6.02. The lowest BCUT2D eigenvalue weighted by Crippen LogP contribution is -2.51. The fraction of sp³-hybridized carbons (Fsp3) is 0.286. The third kappa shape index (κ3) is 7.21. The van der Waals surface area contributed by atoms with Crippen LogP contribution < -0.4 is 19.1 Å². The first-order chi connectivity index (χ1) is 18.6. The van der Waals surface area contributed by atoms with Crippen LogP contribution in [0.15, 0.2) is 77.7 Å². The first kappa shape index (κ1) is 29.8. The summed E-state index contributed by atoms with van der Waals surface area (Å²) in [7, 11) is -1.34. The van der Waals surface area contributed by atoms with Crippen LogP contribution in [0.5, 0.6) is 11.5 Å². The summed E-state index contributed by atoms with van der Waals surface area (Å²) in [6, 6.07) is 18.4. The Hall–Kier alpha value is -3.76. The largest absolute Gasteiger partial charge is 0.497 e. The molecule has 0 aliphatic heterocycles. The van der Waals surface area contributed by atoms with Crippen molar-refractivity contribution in [3.05, 3.63) is 83.4 Å². The second-order valence-corrected chi connectivity index (χ2v) is 10.9. The van der Waals surface area contributed by atoms with E-state index in [0.717, 1.165) is 9.87 Å². The first-order valence-corrected chi connectivity index (χ1v) is 14.1. The Bertz CT molecular complexity index is 1380. The minimum absolute atomic E-state index is 0.0389. The number of sulfonamides is 1. The number of carbonyl (C=O) groups excluding carboxylic acids is 2. The minimum Gasteiger partial charge on any atom is -0.497 e. The number of carbonyl (C=O) groups is 2. The number of hydrogen-bond donors (Lipinski definition) is 1. The molecule has 0 spiro atoms. The van der Waals surface area contributed by atoms with Crippen molar-refractivity contribution in [1.29, 1.82) is 0 Å². The molecule has 0 aliphatic carbocycles. The number of rotatable bonds is 12. The van der Waals surface area contributed by atoms with Gasteiger partial charge in [-0.1, -0.05) is 35.9 Å². The van der Waals surface area contributed by atoms with Crippen molar-refractivity contribution in [3.8, 4) is 11.5 Å². The van der Waals surface area contributed by atoms with Crippen molar-refractivity contribution in [2.24, 2.45) is 0 Å². The number of likely N-dealkylation sites (N-methyl/N-ethyl adjacent to an activating group) is 1. The van der Waals surface area contributed by atoms with Crippen LogP contribution in [0.4, 0.5) is 5.69 Å². The lowest BCUT2D eigenvalue weighted by atomic mass is 10.1. The van der Waals surface area contributed by atoms with Crippen LogP contribution in [0.25, 0.3) is 0 Å². The zero-order valence-corrected chi connectivity index (χ0v) is 23.8. The zero-order valence-electron chi connectivity index (χ0n) is 22.3. The van der Waals surface area contributed by atoms with Crippen LogP contribution in [0.3, 0.4) is 0 Å². The van der Waals surface area contributed by atoms with Gasteiger partial charge in [0.2, 0.25) is 11.8 Å². The maximum absolute atomic E-state index is 13.9. The van der Waals surface area contributed by atoms with Gasteiger partial charge in [0.05, 0.1) is 24.8 Å². The van der Waals surface area contributed by atoms with Gasteiger partial charge in [0.1, 0.15) is 24.1 Å². The van der Waals surface area contributed by atoms with Crippen LogP contribution in [0.1, 0.15) is 19.4 Å². The monoisotopic (exact) mass is 573 g/mol. The van der Waals surface area contributed by atoms with Crippen molar-refractivity contribution in [2.75, 3.05) is 31.6 Å². The molecule has 1 atom stereocenters. The minimum atomic E-state index is -4.24. The van der Waals surface area contributed by atoms with Gasteiger partial charge in [-0.15, -0.1) is 0 Å². The number of methoxy groups -OCH3 is 2. The highest BCUT2D eigenvalue weighted by Gasteiger charge is 2.33. The van der Waals surface area contributed by atoms with Crippen LogP contribution in [0.2, 0.25) is 5.02 Å². The van der Waals surface area contributed by atoms with Gasteiger partial charge in [-0.3, -0.25) is 13.9 Å². The molecule has 3 aromatic carbocycles. The van der Waals surface area contributed by atoms with Gasteiger partial charge < -0.3 is 19.7 Å². The third-order valence-corrected chi connectivity index (χ3v) is 8.09. The highest BCUT2D eigenvalue weighted by Crippen LogP contribution is 2.33. The smallest absolute Gasteiger partial charge is 0.264 e.